The molecule has 0 bridgehead atoms. The standard InChI is InChI=1S/C18H27N5O8S/c1-16(2,3)18(6)12(14(25)23(18)32(28,29)30)21-13(24)11(9-7-8-10(19)20-9)22-31-17(4,5)15(26)27/h7,12H,8H2,1-6H3,(H2,19,20)(H,21,24)(H,26,27)(H,28,29,30)/b22-11-/t12-,18?/m1/s1. The lowest BCUT2D eigenvalue weighted by atomic mass is 9.65. The Hall–Kier alpha value is -3.00. The summed E-state index contributed by atoms with van der Waals surface area (Å²) in [6.45, 7) is 8.73. The highest BCUT2D eigenvalue weighted by Gasteiger charge is 2.67. The molecule has 0 saturated carbocycles. The fraction of sp³-hybridized carbons (Fsp3) is 0.611. The van der Waals surface area contributed by atoms with Gasteiger partial charge >= 0.3 is 16.3 Å². The van der Waals surface area contributed by atoms with Crippen molar-refractivity contribution in [3.63, 3.8) is 0 Å². The molecule has 2 heterocycles. The molecule has 2 rings (SSSR count). The first-order valence-electron chi connectivity index (χ1n) is 9.49. The molecule has 1 saturated heterocycles. The van der Waals surface area contributed by atoms with Crippen molar-refractivity contribution in [1.29, 1.82) is 0 Å². The Morgan fingerprint density at radius 1 is 1.34 bits per heavy atom. The number of rotatable bonds is 7. The quantitative estimate of drug-likeness (QED) is 0.167. The molecule has 2 amide bonds. The van der Waals surface area contributed by atoms with Crippen molar-refractivity contribution in [2.45, 2.75) is 65.1 Å². The molecule has 0 aromatic carbocycles. The summed E-state index contributed by atoms with van der Waals surface area (Å²) in [5.74, 6) is -3.19. The number of hydrogen-bond donors (Lipinski definition) is 4. The molecule has 13 nitrogen and oxygen atoms in total. The molecule has 14 heteroatoms. The summed E-state index contributed by atoms with van der Waals surface area (Å²) in [6, 6.07) is -1.35. The summed E-state index contributed by atoms with van der Waals surface area (Å²) in [4.78, 5) is 45.9. The number of nitrogens with zero attached hydrogens (tertiary/aromatic N) is 3. The second-order valence-electron chi connectivity index (χ2n) is 9.13. The number of carbonyl (C=O) groups excluding carboxylic acids is 2. The van der Waals surface area contributed by atoms with Gasteiger partial charge in [-0.05, 0) is 32.3 Å². The number of carboxylic acids is 1. The number of carbonyl (C=O) groups is 3. The lowest BCUT2D eigenvalue weighted by molar-refractivity contribution is -0.162. The zero-order valence-electron chi connectivity index (χ0n) is 18.5. The van der Waals surface area contributed by atoms with Crippen LogP contribution in [0.1, 0.15) is 48.0 Å². The lowest BCUT2D eigenvalue weighted by Gasteiger charge is -2.59. The summed E-state index contributed by atoms with van der Waals surface area (Å²) in [5.41, 5.74) is 0.983. The third-order valence-corrected chi connectivity index (χ3v) is 6.58. The number of aliphatic imine (C=N–C) groups is 1. The molecule has 0 aromatic heterocycles. The minimum atomic E-state index is -4.89. The second-order valence-corrected chi connectivity index (χ2v) is 10.4. The maximum Gasteiger partial charge on any atom is 0.362 e. The van der Waals surface area contributed by atoms with Crippen molar-refractivity contribution in [2.75, 3.05) is 0 Å². The topological polar surface area (TPSA) is 201 Å². The van der Waals surface area contributed by atoms with E-state index in [-0.39, 0.29) is 18.0 Å². The third-order valence-electron chi connectivity index (χ3n) is 5.56. The summed E-state index contributed by atoms with van der Waals surface area (Å²) < 4.78 is 33.4. The number of carboxylic acid groups (broad SMARTS) is 1. The van der Waals surface area contributed by atoms with Gasteiger partial charge in [0.1, 0.15) is 11.9 Å². The van der Waals surface area contributed by atoms with Crippen molar-refractivity contribution in [3.8, 4) is 0 Å². The van der Waals surface area contributed by atoms with Crippen LogP contribution in [0.2, 0.25) is 0 Å². The Balaban J connectivity index is 2.43. The molecular weight excluding hydrogens is 446 g/mol. The van der Waals surface area contributed by atoms with Crippen LogP contribution in [0.3, 0.4) is 0 Å². The first kappa shape index (κ1) is 25.3. The van der Waals surface area contributed by atoms with Crippen LogP contribution in [-0.2, 0) is 29.5 Å². The van der Waals surface area contributed by atoms with Crippen LogP contribution in [0.25, 0.3) is 0 Å². The van der Waals surface area contributed by atoms with Crippen molar-refractivity contribution in [2.24, 2.45) is 21.3 Å². The van der Waals surface area contributed by atoms with Crippen LogP contribution in [0.4, 0.5) is 0 Å². The number of hydrogen-bond acceptors (Lipinski definition) is 9. The van der Waals surface area contributed by atoms with Gasteiger partial charge in [0.25, 0.3) is 11.8 Å². The largest absolute Gasteiger partial charge is 0.478 e. The van der Waals surface area contributed by atoms with Gasteiger partial charge in [0, 0.05) is 6.42 Å². The minimum Gasteiger partial charge on any atom is -0.478 e. The Morgan fingerprint density at radius 2 is 1.91 bits per heavy atom. The maximum atomic E-state index is 13.0. The molecule has 2 aliphatic heterocycles. The number of β-lactam (4-membered cyclic amide) rings is 1. The summed E-state index contributed by atoms with van der Waals surface area (Å²) in [5, 5.41) is 15.3. The van der Waals surface area contributed by atoms with E-state index in [1.807, 2.05) is 0 Å². The van der Waals surface area contributed by atoms with Gasteiger partial charge in [0.05, 0.1) is 11.2 Å². The normalized spacial score (nSPS) is 24.5. The maximum absolute atomic E-state index is 13.0. The van der Waals surface area contributed by atoms with Crippen LogP contribution in [-0.4, -0.2) is 68.9 Å². The first-order chi connectivity index (χ1) is 14.3. The van der Waals surface area contributed by atoms with Gasteiger partial charge in [-0.1, -0.05) is 25.9 Å². The first-order valence-corrected chi connectivity index (χ1v) is 10.9. The summed E-state index contributed by atoms with van der Waals surface area (Å²) >= 11 is 0. The monoisotopic (exact) mass is 473 g/mol. The van der Waals surface area contributed by atoms with Crippen LogP contribution < -0.4 is 11.1 Å². The van der Waals surface area contributed by atoms with E-state index in [0.717, 1.165) is 0 Å². The van der Waals surface area contributed by atoms with E-state index < -0.39 is 56.4 Å². The van der Waals surface area contributed by atoms with Gasteiger partial charge in [-0.15, -0.1) is 0 Å². The number of aliphatic carboxylic acids is 1. The van der Waals surface area contributed by atoms with Crippen molar-refractivity contribution < 1.29 is 37.3 Å². The Morgan fingerprint density at radius 3 is 2.31 bits per heavy atom. The molecule has 5 N–H and O–H groups in total. The Bertz CT molecular complexity index is 1050. The molecule has 1 unspecified atom stereocenters. The number of nitrogens with two attached hydrogens (primary N) is 1. The number of amidine groups is 1. The van der Waals surface area contributed by atoms with E-state index in [0.29, 0.717) is 4.31 Å². The van der Waals surface area contributed by atoms with Crippen LogP contribution >= 0.6 is 0 Å². The van der Waals surface area contributed by atoms with Gasteiger partial charge in [-0.3, -0.25) is 14.1 Å². The Kier molecular flexibility index (Phi) is 6.20. The summed E-state index contributed by atoms with van der Waals surface area (Å²) in [7, 11) is -4.89. The average molecular weight is 474 g/mol. The lowest BCUT2D eigenvalue weighted by Crippen LogP contribution is -2.82. The molecular formula is C18H27N5O8S. The molecule has 32 heavy (non-hydrogen) atoms. The average Bonchev–Trinajstić information content (AvgIpc) is 3.03. The van der Waals surface area contributed by atoms with Gasteiger partial charge in [0.2, 0.25) is 5.60 Å². The zero-order valence-corrected chi connectivity index (χ0v) is 19.3. The highest BCUT2D eigenvalue weighted by molar-refractivity contribution is 7.84. The molecule has 0 aromatic rings. The number of amides is 2. The van der Waals surface area contributed by atoms with E-state index in [9.17, 15) is 32.5 Å². The van der Waals surface area contributed by atoms with E-state index in [2.05, 4.69) is 15.5 Å². The smallest absolute Gasteiger partial charge is 0.362 e. The fourth-order valence-electron chi connectivity index (χ4n) is 3.13. The van der Waals surface area contributed by atoms with E-state index in [1.165, 1.54) is 26.8 Å². The predicted molar refractivity (Wildman–Crippen MR) is 113 cm³/mol. The minimum absolute atomic E-state index is 0.00272. The highest BCUT2D eigenvalue weighted by atomic mass is 32.2. The zero-order chi connectivity index (χ0) is 24.9. The van der Waals surface area contributed by atoms with Crippen molar-refractivity contribution in [3.05, 3.63) is 11.8 Å². The van der Waals surface area contributed by atoms with Crippen LogP contribution in [0.5, 0.6) is 0 Å². The number of nitrogens with one attached hydrogen (secondary N) is 1. The summed E-state index contributed by atoms with van der Waals surface area (Å²) in [6.07, 6.45) is 1.67. The highest BCUT2D eigenvalue weighted by Crippen LogP contribution is 2.47. The molecule has 1 fully saturated rings. The molecule has 0 spiro atoms. The molecule has 0 radical (unpaired) electrons. The van der Waals surface area contributed by atoms with E-state index in [4.69, 9.17) is 10.6 Å². The van der Waals surface area contributed by atoms with Crippen LogP contribution in [0, 0.1) is 5.41 Å². The number of oxime groups is 1. The van der Waals surface area contributed by atoms with Gasteiger partial charge in [0.15, 0.2) is 5.71 Å². The fourth-order valence-corrected chi connectivity index (χ4v) is 4.32. The SMILES string of the molecule is CC(C)(O/N=C(\C(=O)N[C@@H]1C(=O)N(S(=O)(=O)O)C1(C)C(C)(C)C)C1=CCC(N)=N1)C(=O)O. The van der Waals surface area contributed by atoms with Crippen LogP contribution in [0.15, 0.2) is 21.9 Å². The molecule has 2 aliphatic rings. The van der Waals surface area contributed by atoms with Gasteiger partial charge in [-0.2, -0.15) is 8.42 Å². The Labute approximate surface area is 185 Å². The predicted octanol–water partition coefficient (Wildman–Crippen LogP) is -0.198. The van der Waals surface area contributed by atoms with Crippen molar-refractivity contribution in [1.82, 2.24) is 9.62 Å². The second kappa shape index (κ2) is 7.85. The van der Waals surface area contributed by atoms with E-state index >= 15 is 0 Å². The van der Waals surface area contributed by atoms with E-state index in [1.54, 1.807) is 20.8 Å². The molecule has 0 aliphatic carbocycles. The van der Waals surface area contributed by atoms with Crippen molar-refractivity contribution >= 4 is 39.6 Å². The molecule has 2 atom stereocenters. The third kappa shape index (κ3) is 4.32. The van der Waals surface area contributed by atoms with Gasteiger partial charge < -0.3 is 21.0 Å². The molecule has 178 valence electrons. The van der Waals surface area contributed by atoms with Gasteiger partial charge in [-0.25, -0.2) is 14.1 Å².